The van der Waals surface area contributed by atoms with Crippen LogP contribution in [0.2, 0.25) is 5.02 Å². The van der Waals surface area contributed by atoms with E-state index in [0.717, 1.165) is 28.3 Å². The average molecular weight is 479 g/mol. The normalized spacial score (nSPS) is 17.2. The lowest BCUT2D eigenvalue weighted by Gasteiger charge is -2.41. The molecular formula is C28H31ClN2O3. The Balaban J connectivity index is 1.68. The van der Waals surface area contributed by atoms with Gasteiger partial charge in [-0.25, -0.2) is 4.79 Å². The van der Waals surface area contributed by atoms with Gasteiger partial charge >= 0.3 is 5.97 Å². The Morgan fingerprint density at radius 3 is 2.38 bits per heavy atom. The molecular weight excluding hydrogens is 448 g/mol. The number of ether oxygens (including phenoxy) is 2. The zero-order chi connectivity index (χ0) is 24.1. The van der Waals surface area contributed by atoms with Crippen molar-refractivity contribution in [1.29, 1.82) is 0 Å². The Bertz CT molecular complexity index is 1120. The van der Waals surface area contributed by atoms with Crippen LogP contribution < -0.4 is 10.2 Å². The molecule has 1 heterocycles. The summed E-state index contributed by atoms with van der Waals surface area (Å²) in [6, 6.07) is 22.4. The quantitative estimate of drug-likeness (QED) is 0.356. The summed E-state index contributed by atoms with van der Waals surface area (Å²) < 4.78 is 10.9. The summed E-state index contributed by atoms with van der Waals surface area (Å²) in [6.07, 6.45) is 0.938. The molecule has 5 nitrogen and oxygen atoms in total. The van der Waals surface area contributed by atoms with Crippen LogP contribution in [-0.2, 0) is 9.47 Å². The number of halogens is 1. The number of hydrogen-bond donors (Lipinski definition) is 1. The molecule has 1 N–H and O–H groups in total. The van der Waals surface area contributed by atoms with E-state index in [1.165, 1.54) is 11.3 Å². The average Bonchev–Trinajstić information content (AvgIpc) is 2.85. The first-order valence-electron chi connectivity index (χ1n) is 11.8. The lowest BCUT2D eigenvalue weighted by molar-refractivity contribution is 0.0526. The van der Waals surface area contributed by atoms with Crippen LogP contribution in [0.15, 0.2) is 66.7 Å². The highest BCUT2D eigenvalue weighted by molar-refractivity contribution is 6.30. The zero-order valence-electron chi connectivity index (χ0n) is 19.9. The predicted octanol–water partition coefficient (Wildman–Crippen LogP) is 6.93. The number of carbonyl (C=O) groups excluding carboxylic acids is 1. The third-order valence-corrected chi connectivity index (χ3v) is 6.42. The minimum Gasteiger partial charge on any atom is -0.462 e. The van der Waals surface area contributed by atoms with E-state index in [9.17, 15) is 4.79 Å². The Kier molecular flexibility index (Phi) is 7.76. The molecule has 1 aliphatic heterocycles. The van der Waals surface area contributed by atoms with Crippen LogP contribution in [0.3, 0.4) is 0 Å². The van der Waals surface area contributed by atoms with Gasteiger partial charge in [-0.05, 0) is 92.4 Å². The van der Waals surface area contributed by atoms with E-state index in [1.54, 1.807) is 0 Å². The van der Waals surface area contributed by atoms with E-state index in [4.69, 9.17) is 21.1 Å². The SMILES string of the molecule is CCOCN1c2ccc(-c3ccc(C(=O)OCC)cc3)cc2C(Nc2ccc(Cl)cc2)CC1C. The van der Waals surface area contributed by atoms with E-state index in [1.807, 2.05) is 62.4 Å². The van der Waals surface area contributed by atoms with Crippen LogP contribution in [0.5, 0.6) is 0 Å². The molecule has 0 saturated carbocycles. The lowest BCUT2D eigenvalue weighted by Crippen LogP contribution is -2.41. The molecule has 0 amide bonds. The van der Waals surface area contributed by atoms with E-state index in [-0.39, 0.29) is 12.0 Å². The molecule has 2 atom stereocenters. The van der Waals surface area contributed by atoms with Crippen molar-refractivity contribution in [2.75, 3.05) is 30.2 Å². The number of esters is 1. The Hall–Kier alpha value is -3.02. The lowest BCUT2D eigenvalue weighted by atomic mass is 9.89. The first-order valence-corrected chi connectivity index (χ1v) is 12.2. The van der Waals surface area contributed by atoms with Crippen LogP contribution in [0.25, 0.3) is 11.1 Å². The van der Waals surface area contributed by atoms with Gasteiger partial charge in [0.1, 0.15) is 6.73 Å². The number of nitrogens with one attached hydrogen (secondary N) is 1. The summed E-state index contributed by atoms with van der Waals surface area (Å²) in [5.41, 5.74) is 6.14. The summed E-state index contributed by atoms with van der Waals surface area (Å²) in [6.45, 7) is 7.67. The molecule has 178 valence electrons. The van der Waals surface area contributed by atoms with Crippen LogP contribution >= 0.6 is 11.6 Å². The maximum atomic E-state index is 12.0. The molecule has 6 heteroatoms. The van der Waals surface area contributed by atoms with Gasteiger partial charge in [0.25, 0.3) is 0 Å². The third kappa shape index (κ3) is 5.37. The fourth-order valence-electron chi connectivity index (χ4n) is 4.39. The highest BCUT2D eigenvalue weighted by Gasteiger charge is 2.30. The fourth-order valence-corrected chi connectivity index (χ4v) is 4.52. The van der Waals surface area contributed by atoms with Gasteiger partial charge in [-0.15, -0.1) is 0 Å². The summed E-state index contributed by atoms with van der Waals surface area (Å²) in [5.74, 6) is -0.299. The highest BCUT2D eigenvalue weighted by atomic mass is 35.5. The number of nitrogens with zero attached hydrogens (tertiary/aromatic N) is 1. The standard InChI is InChI=1S/C28H31ClN2O3/c1-4-33-18-31-19(3)16-26(30-24-13-11-23(29)12-14-24)25-17-22(10-15-27(25)31)20-6-8-21(9-7-20)28(32)34-5-2/h6-15,17,19,26,30H,4-5,16,18H2,1-3H3. The Labute approximate surface area is 206 Å². The van der Waals surface area contributed by atoms with Crippen LogP contribution in [0.1, 0.15) is 49.2 Å². The topological polar surface area (TPSA) is 50.8 Å². The van der Waals surface area contributed by atoms with Gasteiger partial charge in [0.05, 0.1) is 18.2 Å². The van der Waals surface area contributed by atoms with Gasteiger partial charge < -0.3 is 19.7 Å². The Morgan fingerprint density at radius 2 is 1.71 bits per heavy atom. The molecule has 2 unspecified atom stereocenters. The molecule has 3 aromatic carbocycles. The second-order valence-electron chi connectivity index (χ2n) is 8.45. The van der Waals surface area contributed by atoms with Crippen LogP contribution in [0, 0.1) is 0 Å². The van der Waals surface area contributed by atoms with Gasteiger partial charge in [-0.2, -0.15) is 0 Å². The molecule has 0 radical (unpaired) electrons. The fraction of sp³-hybridized carbons (Fsp3) is 0.321. The molecule has 0 fully saturated rings. The van der Waals surface area contributed by atoms with Crippen molar-refractivity contribution in [3.63, 3.8) is 0 Å². The van der Waals surface area contributed by atoms with Crippen molar-refractivity contribution in [3.05, 3.63) is 82.9 Å². The van der Waals surface area contributed by atoms with E-state index in [0.29, 0.717) is 31.5 Å². The zero-order valence-corrected chi connectivity index (χ0v) is 20.6. The van der Waals surface area contributed by atoms with Crippen molar-refractivity contribution in [2.45, 2.75) is 39.3 Å². The molecule has 0 saturated heterocycles. The number of anilines is 2. The number of fused-ring (bicyclic) bond motifs is 1. The first kappa shape index (κ1) is 24.1. The number of hydrogen-bond acceptors (Lipinski definition) is 5. The summed E-state index contributed by atoms with van der Waals surface area (Å²) >= 11 is 6.09. The molecule has 0 bridgehead atoms. The van der Waals surface area contributed by atoms with Crippen molar-refractivity contribution in [2.24, 2.45) is 0 Å². The second-order valence-corrected chi connectivity index (χ2v) is 8.89. The van der Waals surface area contributed by atoms with Gasteiger partial charge in [0.15, 0.2) is 0 Å². The minimum atomic E-state index is -0.299. The van der Waals surface area contributed by atoms with Gasteiger partial charge in [-0.1, -0.05) is 29.8 Å². The van der Waals surface area contributed by atoms with Crippen molar-refractivity contribution < 1.29 is 14.3 Å². The third-order valence-electron chi connectivity index (χ3n) is 6.17. The van der Waals surface area contributed by atoms with Crippen molar-refractivity contribution in [3.8, 4) is 11.1 Å². The first-order chi connectivity index (χ1) is 16.5. The molecule has 34 heavy (non-hydrogen) atoms. The van der Waals surface area contributed by atoms with Crippen LogP contribution in [-0.4, -0.2) is 32.0 Å². The largest absolute Gasteiger partial charge is 0.462 e. The van der Waals surface area contributed by atoms with E-state index >= 15 is 0 Å². The van der Waals surface area contributed by atoms with Crippen molar-refractivity contribution in [1.82, 2.24) is 0 Å². The molecule has 0 spiro atoms. The molecule has 0 aliphatic carbocycles. The Morgan fingerprint density at radius 1 is 1.00 bits per heavy atom. The van der Waals surface area contributed by atoms with E-state index in [2.05, 4.69) is 35.3 Å². The number of carbonyl (C=O) groups is 1. The van der Waals surface area contributed by atoms with Gasteiger partial charge in [0.2, 0.25) is 0 Å². The smallest absolute Gasteiger partial charge is 0.338 e. The summed E-state index contributed by atoms with van der Waals surface area (Å²) in [4.78, 5) is 14.3. The van der Waals surface area contributed by atoms with Crippen molar-refractivity contribution >= 4 is 28.9 Å². The molecule has 4 rings (SSSR count). The number of rotatable bonds is 8. The molecule has 0 aromatic heterocycles. The molecule has 1 aliphatic rings. The highest BCUT2D eigenvalue weighted by Crippen LogP contribution is 2.41. The van der Waals surface area contributed by atoms with Crippen LogP contribution in [0.4, 0.5) is 11.4 Å². The second kappa shape index (κ2) is 10.9. The monoisotopic (exact) mass is 478 g/mol. The summed E-state index contributed by atoms with van der Waals surface area (Å²) in [7, 11) is 0. The van der Waals surface area contributed by atoms with Gasteiger partial charge in [0, 0.05) is 29.0 Å². The predicted molar refractivity (Wildman–Crippen MR) is 139 cm³/mol. The number of benzene rings is 3. The summed E-state index contributed by atoms with van der Waals surface area (Å²) in [5, 5.41) is 4.42. The van der Waals surface area contributed by atoms with Gasteiger partial charge in [-0.3, -0.25) is 0 Å². The maximum Gasteiger partial charge on any atom is 0.338 e. The minimum absolute atomic E-state index is 0.141. The van der Waals surface area contributed by atoms with E-state index < -0.39 is 0 Å². The molecule has 3 aromatic rings. The maximum absolute atomic E-state index is 12.0.